The molecule has 0 atom stereocenters. The lowest BCUT2D eigenvalue weighted by Crippen LogP contribution is -1.96. The molecule has 0 radical (unpaired) electrons. The minimum Gasteiger partial charge on any atom is -0.469 e. The Morgan fingerprint density at radius 3 is 2.94 bits per heavy atom. The van der Waals surface area contributed by atoms with Gasteiger partial charge in [0.15, 0.2) is 5.65 Å². The van der Waals surface area contributed by atoms with Gasteiger partial charge in [-0.3, -0.25) is 4.40 Å². The predicted molar refractivity (Wildman–Crippen MR) is 59.5 cm³/mol. The van der Waals surface area contributed by atoms with Crippen molar-refractivity contribution in [2.45, 2.75) is 6.42 Å². The number of hydrogen-bond acceptors (Lipinski definition) is 3. The highest BCUT2D eigenvalue weighted by Gasteiger charge is 2.09. The molecular formula is C11H8ClN3O. The van der Waals surface area contributed by atoms with Gasteiger partial charge in [-0.25, -0.2) is 0 Å². The van der Waals surface area contributed by atoms with E-state index in [-0.39, 0.29) is 0 Å². The van der Waals surface area contributed by atoms with Gasteiger partial charge in [0.2, 0.25) is 0 Å². The molecule has 0 fully saturated rings. The van der Waals surface area contributed by atoms with E-state index >= 15 is 0 Å². The molecule has 5 heteroatoms. The molecule has 0 spiro atoms. The second-order valence-corrected chi connectivity index (χ2v) is 3.80. The zero-order chi connectivity index (χ0) is 11.0. The Hall–Kier alpha value is -1.81. The second kappa shape index (κ2) is 3.64. The summed E-state index contributed by atoms with van der Waals surface area (Å²) in [6.07, 6.45) is 2.22. The van der Waals surface area contributed by atoms with Gasteiger partial charge in [-0.1, -0.05) is 17.7 Å². The van der Waals surface area contributed by atoms with E-state index in [1.54, 1.807) is 6.26 Å². The Kier molecular flexibility index (Phi) is 2.15. The Bertz CT molecular complexity index is 615. The molecule has 0 unspecified atom stereocenters. The van der Waals surface area contributed by atoms with Crippen molar-refractivity contribution in [3.8, 4) is 0 Å². The van der Waals surface area contributed by atoms with Crippen LogP contribution in [0.15, 0.2) is 41.0 Å². The lowest BCUT2D eigenvalue weighted by Gasteiger charge is -1.99. The summed E-state index contributed by atoms with van der Waals surface area (Å²) in [7, 11) is 0. The van der Waals surface area contributed by atoms with Crippen molar-refractivity contribution in [1.82, 2.24) is 14.6 Å². The first-order valence-electron chi connectivity index (χ1n) is 4.85. The van der Waals surface area contributed by atoms with Crippen LogP contribution in [0.5, 0.6) is 0 Å². The van der Waals surface area contributed by atoms with Crippen molar-refractivity contribution < 1.29 is 4.42 Å². The molecular weight excluding hydrogens is 226 g/mol. The number of rotatable bonds is 2. The number of pyridine rings is 1. The third kappa shape index (κ3) is 1.47. The summed E-state index contributed by atoms with van der Waals surface area (Å²) in [6.45, 7) is 0. The Morgan fingerprint density at radius 1 is 1.19 bits per heavy atom. The second-order valence-electron chi connectivity index (χ2n) is 3.41. The molecule has 3 heterocycles. The van der Waals surface area contributed by atoms with Gasteiger partial charge < -0.3 is 4.42 Å². The van der Waals surface area contributed by atoms with E-state index in [4.69, 9.17) is 16.0 Å². The first kappa shape index (κ1) is 9.42. The van der Waals surface area contributed by atoms with Crippen LogP contribution in [-0.2, 0) is 6.42 Å². The van der Waals surface area contributed by atoms with Crippen LogP contribution in [0.1, 0.15) is 11.6 Å². The fourth-order valence-corrected chi connectivity index (χ4v) is 1.90. The van der Waals surface area contributed by atoms with Crippen molar-refractivity contribution in [3.63, 3.8) is 0 Å². The number of hydrogen-bond donors (Lipinski definition) is 0. The Morgan fingerprint density at radius 2 is 2.12 bits per heavy atom. The highest BCUT2D eigenvalue weighted by Crippen LogP contribution is 2.16. The third-order valence-corrected chi connectivity index (χ3v) is 2.66. The zero-order valence-corrected chi connectivity index (χ0v) is 9.05. The largest absolute Gasteiger partial charge is 0.469 e. The van der Waals surface area contributed by atoms with Gasteiger partial charge in [-0.15, -0.1) is 10.2 Å². The molecule has 0 aromatic carbocycles. The molecule has 4 nitrogen and oxygen atoms in total. The van der Waals surface area contributed by atoms with Gasteiger partial charge in [-0.05, 0) is 24.3 Å². The van der Waals surface area contributed by atoms with Gasteiger partial charge in [0.1, 0.15) is 16.7 Å². The van der Waals surface area contributed by atoms with Crippen molar-refractivity contribution >= 4 is 17.2 Å². The summed E-state index contributed by atoms with van der Waals surface area (Å²) in [4.78, 5) is 0. The summed E-state index contributed by atoms with van der Waals surface area (Å²) in [5.41, 5.74) is 0.744. The number of fused-ring (bicyclic) bond motifs is 1. The minimum atomic E-state index is 0.581. The summed E-state index contributed by atoms with van der Waals surface area (Å²) in [6, 6.07) is 9.27. The molecule has 0 N–H and O–H groups in total. The van der Waals surface area contributed by atoms with Crippen LogP contribution in [0.3, 0.4) is 0 Å². The molecule has 0 saturated heterocycles. The van der Waals surface area contributed by atoms with E-state index in [0.29, 0.717) is 11.6 Å². The summed E-state index contributed by atoms with van der Waals surface area (Å²) in [5, 5.41) is 8.75. The molecule has 3 rings (SSSR count). The maximum absolute atomic E-state index is 6.10. The number of halogens is 1. The predicted octanol–water partition coefficient (Wildman–Crippen LogP) is 2.57. The standard InChI is InChI=1S/C11H8ClN3O/c12-9-4-1-5-10-13-14-11(15(9)10)7-8-3-2-6-16-8/h1-6H,7H2. The molecule has 0 saturated carbocycles. The maximum atomic E-state index is 6.10. The Labute approximate surface area is 96.5 Å². The maximum Gasteiger partial charge on any atom is 0.161 e. The highest BCUT2D eigenvalue weighted by atomic mass is 35.5. The molecule has 0 aliphatic heterocycles. The number of furan rings is 1. The molecule has 0 bridgehead atoms. The van der Waals surface area contributed by atoms with Crippen molar-refractivity contribution in [3.05, 3.63) is 53.3 Å². The SMILES string of the molecule is Clc1cccc2nnc(Cc3ccco3)n12. The molecule has 0 aliphatic carbocycles. The molecule has 0 amide bonds. The summed E-state index contributed by atoms with van der Waals surface area (Å²) < 4.78 is 7.08. The van der Waals surface area contributed by atoms with Crippen molar-refractivity contribution in [1.29, 1.82) is 0 Å². The fraction of sp³-hybridized carbons (Fsp3) is 0.0909. The first-order valence-corrected chi connectivity index (χ1v) is 5.23. The summed E-state index contributed by atoms with van der Waals surface area (Å²) in [5.74, 6) is 1.62. The van der Waals surface area contributed by atoms with E-state index in [9.17, 15) is 0 Å². The lowest BCUT2D eigenvalue weighted by atomic mass is 10.3. The van der Waals surface area contributed by atoms with E-state index in [2.05, 4.69) is 10.2 Å². The van der Waals surface area contributed by atoms with Gasteiger partial charge in [0.05, 0.1) is 12.7 Å². The van der Waals surface area contributed by atoms with E-state index in [1.165, 1.54) is 0 Å². The molecule has 3 aromatic rings. The molecule has 16 heavy (non-hydrogen) atoms. The van der Waals surface area contributed by atoms with E-state index in [0.717, 1.165) is 17.2 Å². The Balaban J connectivity index is 2.10. The monoisotopic (exact) mass is 233 g/mol. The van der Waals surface area contributed by atoms with Crippen LogP contribution < -0.4 is 0 Å². The molecule has 0 aliphatic rings. The lowest BCUT2D eigenvalue weighted by molar-refractivity contribution is 0.516. The van der Waals surface area contributed by atoms with Crippen LogP contribution in [0.25, 0.3) is 5.65 Å². The normalized spacial score (nSPS) is 11.1. The van der Waals surface area contributed by atoms with Crippen molar-refractivity contribution in [2.75, 3.05) is 0 Å². The van der Waals surface area contributed by atoms with Gasteiger partial charge in [-0.2, -0.15) is 0 Å². The van der Waals surface area contributed by atoms with Gasteiger partial charge >= 0.3 is 0 Å². The highest BCUT2D eigenvalue weighted by molar-refractivity contribution is 6.29. The van der Waals surface area contributed by atoms with Crippen LogP contribution in [0.4, 0.5) is 0 Å². The van der Waals surface area contributed by atoms with Crippen LogP contribution in [0, 0.1) is 0 Å². The van der Waals surface area contributed by atoms with Crippen molar-refractivity contribution in [2.24, 2.45) is 0 Å². The summed E-state index contributed by atoms with van der Waals surface area (Å²) >= 11 is 6.10. The van der Waals surface area contributed by atoms with E-state index < -0.39 is 0 Å². The van der Waals surface area contributed by atoms with Crippen LogP contribution >= 0.6 is 11.6 Å². The number of aromatic nitrogens is 3. The van der Waals surface area contributed by atoms with E-state index in [1.807, 2.05) is 34.7 Å². The third-order valence-electron chi connectivity index (χ3n) is 2.36. The quantitative estimate of drug-likeness (QED) is 0.639. The van der Waals surface area contributed by atoms with Crippen LogP contribution in [0.2, 0.25) is 5.15 Å². The zero-order valence-electron chi connectivity index (χ0n) is 8.30. The average molecular weight is 234 g/mol. The van der Waals surface area contributed by atoms with Crippen LogP contribution in [-0.4, -0.2) is 14.6 Å². The average Bonchev–Trinajstić information content (AvgIpc) is 2.90. The number of nitrogens with zero attached hydrogens (tertiary/aromatic N) is 3. The van der Waals surface area contributed by atoms with Gasteiger partial charge in [0.25, 0.3) is 0 Å². The molecule has 3 aromatic heterocycles. The first-order chi connectivity index (χ1) is 7.84. The minimum absolute atomic E-state index is 0.581. The molecule has 80 valence electrons. The fourth-order valence-electron chi connectivity index (χ4n) is 1.64. The topological polar surface area (TPSA) is 43.3 Å². The van der Waals surface area contributed by atoms with Gasteiger partial charge in [0, 0.05) is 0 Å². The smallest absolute Gasteiger partial charge is 0.161 e.